The average molecular weight is 445 g/mol. The molecule has 3 rings (SSSR count). The van der Waals surface area contributed by atoms with E-state index >= 15 is 0 Å². The molecule has 0 unspecified atom stereocenters. The molecule has 0 bridgehead atoms. The van der Waals surface area contributed by atoms with Crippen molar-refractivity contribution in [3.63, 3.8) is 0 Å². The molecular weight excluding hydrogens is 434 g/mol. The Bertz CT molecular complexity index is 671. The second-order valence-corrected chi connectivity index (χ2v) is 7.07. The van der Waals surface area contributed by atoms with E-state index in [2.05, 4.69) is 75.2 Å². The van der Waals surface area contributed by atoms with E-state index in [4.69, 9.17) is 0 Å². The molecule has 0 saturated heterocycles. The summed E-state index contributed by atoms with van der Waals surface area (Å²) in [4.78, 5) is 0. The number of halogens is 2. The van der Waals surface area contributed by atoms with Crippen molar-refractivity contribution in [3.8, 4) is 0 Å². The first-order valence-electron chi connectivity index (χ1n) is 5.47. The minimum absolute atomic E-state index is 0.00396. The van der Waals surface area contributed by atoms with Gasteiger partial charge in [0.1, 0.15) is 0 Å². The van der Waals surface area contributed by atoms with E-state index in [0.29, 0.717) is 0 Å². The predicted octanol–water partition coefficient (Wildman–Crippen LogP) is -0.669. The van der Waals surface area contributed by atoms with Crippen LogP contribution in [-0.2, 0) is 0 Å². The first-order chi connectivity index (χ1) is 8.40. The van der Waals surface area contributed by atoms with Crippen LogP contribution in [0.15, 0.2) is 48.5 Å². The monoisotopic (exact) mass is 445 g/mol. The molecule has 0 aliphatic carbocycles. The first-order valence-corrected chi connectivity index (χ1v) is 9.32. The molecule has 0 aromatic heterocycles. The molecule has 0 radical (unpaired) electrons. The predicted molar refractivity (Wildman–Crippen MR) is 76.7 cm³/mol. The summed E-state index contributed by atoms with van der Waals surface area (Å²) in [5, 5.41) is 2.84. The van der Waals surface area contributed by atoms with Crippen molar-refractivity contribution in [2.24, 2.45) is 0 Å². The Balaban J connectivity index is 2.44. The summed E-state index contributed by atoms with van der Waals surface area (Å²) in [6.45, 7) is 0. The van der Waals surface area contributed by atoms with Crippen LogP contribution in [0.2, 0.25) is 0 Å². The van der Waals surface area contributed by atoms with E-state index in [9.17, 15) is 0 Å². The van der Waals surface area contributed by atoms with Gasteiger partial charge in [0.25, 0.3) is 0 Å². The Morgan fingerprint density at radius 2 is 1.71 bits per heavy atom. The Morgan fingerprint density at radius 1 is 0.941 bits per heavy atom. The van der Waals surface area contributed by atoms with Gasteiger partial charge in [-0.05, 0) is 0 Å². The fourth-order valence-corrected chi connectivity index (χ4v) is 5.37. The zero-order valence-electron chi connectivity index (χ0n) is 9.16. The van der Waals surface area contributed by atoms with E-state index < -0.39 is 0 Å². The van der Waals surface area contributed by atoms with E-state index in [1.54, 1.807) is 3.57 Å². The average Bonchev–Trinajstić information content (AvgIpc) is 2.55. The Kier molecular flexibility index (Phi) is 3.51. The molecule has 1 aliphatic rings. The van der Waals surface area contributed by atoms with Crippen LogP contribution in [0.25, 0.3) is 9.66 Å². The fourth-order valence-electron chi connectivity index (χ4n) is 2.07. The number of benzene rings is 2. The van der Waals surface area contributed by atoms with Crippen LogP contribution < -0.4 is 31.6 Å². The molecule has 0 saturated carbocycles. The number of alkyl halides is 1. The molecule has 86 valence electrons. The quantitative estimate of drug-likeness (QED) is 0.404. The summed E-state index contributed by atoms with van der Waals surface area (Å²) in [5.41, 5.74) is 2.96. The van der Waals surface area contributed by atoms with Gasteiger partial charge in [0.05, 0.1) is 0 Å². The SMILES string of the molecule is ICC1=c2ccccc2=C[I-]c2ccccc21. The van der Waals surface area contributed by atoms with Crippen molar-refractivity contribution in [2.45, 2.75) is 0 Å². The van der Waals surface area contributed by atoms with Crippen molar-refractivity contribution < 1.29 is 21.2 Å². The second-order valence-electron chi connectivity index (χ2n) is 3.90. The molecule has 0 nitrogen and oxygen atoms in total. The van der Waals surface area contributed by atoms with Gasteiger partial charge < -0.3 is 0 Å². The molecular formula is C15H11I2-. The summed E-state index contributed by atoms with van der Waals surface area (Å²) in [7, 11) is 0. The second kappa shape index (κ2) is 5.10. The maximum atomic E-state index is 2.48. The number of rotatable bonds is 1. The van der Waals surface area contributed by atoms with Crippen LogP contribution in [0.3, 0.4) is 0 Å². The maximum absolute atomic E-state index is 2.48. The third kappa shape index (κ3) is 2.17. The number of fused-ring (bicyclic) bond motifs is 2. The summed E-state index contributed by atoms with van der Waals surface area (Å²) in [6, 6.07) is 17.7. The molecule has 1 heterocycles. The van der Waals surface area contributed by atoms with Crippen molar-refractivity contribution >= 4 is 32.2 Å². The molecule has 1 aliphatic heterocycles. The van der Waals surface area contributed by atoms with Gasteiger partial charge in [-0.25, -0.2) is 0 Å². The van der Waals surface area contributed by atoms with Gasteiger partial charge >= 0.3 is 126 Å². The first kappa shape index (κ1) is 11.7. The molecule has 2 heteroatoms. The molecule has 0 atom stereocenters. The van der Waals surface area contributed by atoms with Gasteiger partial charge in [-0.15, -0.1) is 0 Å². The summed E-state index contributed by atoms with van der Waals surface area (Å²) < 4.78 is 5.07. The topological polar surface area (TPSA) is 0 Å². The summed E-state index contributed by atoms with van der Waals surface area (Å²) in [5.74, 6) is 0. The van der Waals surface area contributed by atoms with Gasteiger partial charge in [-0.3, -0.25) is 0 Å². The molecule has 2 aromatic carbocycles. The molecule has 17 heavy (non-hydrogen) atoms. The van der Waals surface area contributed by atoms with Gasteiger partial charge in [-0.2, -0.15) is 0 Å². The van der Waals surface area contributed by atoms with Crippen LogP contribution in [0.1, 0.15) is 5.56 Å². The zero-order valence-corrected chi connectivity index (χ0v) is 13.5. The van der Waals surface area contributed by atoms with Gasteiger partial charge in [0.15, 0.2) is 0 Å². The van der Waals surface area contributed by atoms with Crippen molar-refractivity contribution in [1.29, 1.82) is 0 Å². The Labute approximate surface area is 125 Å². The van der Waals surface area contributed by atoms with Gasteiger partial charge in [0.2, 0.25) is 0 Å². The molecule has 0 N–H and O–H groups in total. The van der Waals surface area contributed by atoms with Crippen LogP contribution in [0.5, 0.6) is 0 Å². The Hall–Kier alpha value is -0.360. The van der Waals surface area contributed by atoms with Crippen LogP contribution >= 0.6 is 22.6 Å². The molecule has 2 aromatic rings. The van der Waals surface area contributed by atoms with Gasteiger partial charge in [0, 0.05) is 0 Å². The van der Waals surface area contributed by atoms with E-state index in [0.717, 1.165) is 4.43 Å². The van der Waals surface area contributed by atoms with Gasteiger partial charge in [-0.1, -0.05) is 0 Å². The van der Waals surface area contributed by atoms with E-state index in [-0.39, 0.29) is 21.2 Å². The summed E-state index contributed by atoms with van der Waals surface area (Å²) in [6.07, 6.45) is 0. The third-order valence-corrected chi connectivity index (χ3v) is 6.27. The van der Waals surface area contributed by atoms with Crippen molar-refractivity contribution in [3.05, 3.63) is 68.1 Å². The molecule has 0 amide bonds. The van der Waals surface area contributed by atoms with Crippen LogP contribution in [0, 0.1) is 3.57 Å². The number of hydrogen-bond donors (Lipinski definition) is 0. The zero-order chi connectivity index (χ0) is 11.7. The van der Waals surface area contributed by atoms with Crippen LogP contribution in [0.4, 0.5) is 0 Å². The van der Waals surface area contributed by atoms with E-state index in [1.807, 2.05) is 0 Å². The third-order valence-electron chi connectivity index (χ3n) is 2.91. The number of hydrogen-bond acceptors (Lipinski definition) is 0. The standard InChI is InChI=1S/C15H11I2/c16-9-14-12-6-2-1-5-11(12)10-17-15-8-4-3-7-13(14)15/h1-8,10H,9H2/q-1. The van der Waals surface area contributed by atoms with Crippen molar-refractivity contribution in [1.82, 2.24) is 0 Å². The van der Waals surface area contributed by atoms with Crippen LogP contribution in [-0.4, -0.2) is 4.43 Å². The van der Waals surface area contributed by atoms with Crippen molar-refractivity contribution in [2.75, 3.05) is 4.43 Å². The molecule has 0 spiro atoms. The molecule has 0 fully saturated rings. The normalized spacial score (nSPS) is 13.8. The minimum atomic E-state index is -0.00396. The summed E-state index contributed by atoms with van der Waals surface area (Å²) >= 11 is 2.47. The Morgan fingerprint density at radius 3 is 2.59 bits per heavy atom. The van der Waals surface area contributed by atoms with E-state index in [1.165, 1.54) is 21.6 Å². The fraction of sp³-hybridized carbons (Fsp3) is 0.0667.